The van der Waals surface area contributed by atoms with Gasteiger partial charge in [0, 0.05) is 5.92 Å². The molecule has 0 aliphatic heterocycles. The lowest BCUT2D eigenvalue weighted by molar-refractivity contribution is 0.340. The van der Waals surface area contributed by atoms with E-state index in [0.29, 0.717) is 11.8 Å². The molecule has 1 fully saturated rings. The van der Waals surface area contributed by atoms with Crippen LogP contribution < -0.4 is 5.32 Å². The molecule has 16 heavy (non-hydrogen) atoms. The molecule has 1 aliphatic carbocycles. The molecule has 1 N–H and O–H groups in total. The van der Waals surface area contributed by atoms with E-state index >= 15 is 0 Å². The molecule has 4 nitrogen and oxygen atoms in total. The number of aromatic nitrogens is 2. The van der Waals surface area contributed by atoms with Crippen molar-refractivity contribution in [3.63, 3.8) is 0 Å². The smallest absolute Gasteiger partial charge is 0.243 e. The Morgan fingerprint density at radius 3 is 2.56 bits per heavy atom. The second-order valence-electron chi connectivity index (χ2n) is 4.69. The lowest BCUT2D eigenvalue weighted by Crippen LogP contribution is -2.12. The summed E-state index contributed by atoms with van der Waals surface area (Å²) < 4.78 is 5.29. The molecule has 1 aliphatic rings. The van der Waals surface area contributed by atoms with Crippen molar-refractivity contribution >= 4 is 0 Å². The first-order valence-electron chi connectivity index (χ1n) is 6.32. The Morgan fingerprint density at radius 2 is 1.94 bits per heavy atom. The number of rotatable bonds is 3. The zero-order valence-electron chi connectivity index (χ0n) is 10.2. The lowest BCUT2D eigenvalue weighted by atomic mass is 10.00. The van der Waals surface area contributed by atoms with Crippen molar-refractivity contribution in [2.24, 2.45) is 0 Å². The van der Waals surface area contributed by atoms with Crippen LogP contribution in [0.2, 0.25) is 0 Å². The highest BCUT2D eigenvalue weighted by Gasteiger charge is 2.21. The summed E-state index contributed by atoms with van der Waals surface area (Å²) in [4.78, 5) is 4.51. The van der Waals surface area contributed by atoms with Gasteiger partial charge in [-0.3, -0.25) is 0 Å². The summed E-state index contributed by atoms with van der Waals surface area (Å²) in [6.45, 7) is 2.03. The second kappa shape index (κ2) is 5.43. The third-order valence-electron chi connectivity index (χ3n) is 3.48. The predicted molar refractivity (Wildman–Crippen MR) is 62.2 cm³/mol. The molecular weight excluding hydrogens is 202 g/mol. The molecule has 1 saturated carbocycles. The van der Waals surface area contributed by atoms with Gasteiger partial charge in [-0.2, -0.15) is 4.98 Å². The first-order valence-corrected chi connectivity index (χ1v) is 6.32. The summed E-state index contributed by atoms with van der Waals surface area (Å²) in [5.41, 5.74) is 0. The van der Waals surface area contributed by atoms with Crippen LogP contribution in [0, 0.1) is 0 Å². The first kappa shape index (κ1) is 11.6. The van der Waals surface area contributed by atoms with Crippen molar-refractivity contribution in [3.8, 4) is 0 Å². The van der Waals surface area contributed by atoms with Gasteiger partial charge in [0.2, 0.25) is 5.89 Å². The summed E-state index contributed by atoms with van der Waals surface area (Å²) >= 11 is 0. The van der Waals surface area contributed by atoms with Gasteiger partial charge in [-0.15, -0.1) is 0 Å². The Bertz CT molecular complexity index is 316. The molecule has 1 heterocycles. The van der Waals surface area contributed by atoms with Gasteiger partial charge in [0.25, 0.3) is 0 Å². The molecule has 1 atom stereocenters. The molecule has 0 radical (unpaired) electrons. The third kappa shape index (κ3) is 2.61. The van der Waals surface area contributed by atoms with Crippen molar-refractivity contribution in [1.82, 2.24) is 15.5 Å². The zero-order chi connectivity index (χ0) is 11.4. The maximum Gasteiger partial charge on any atom is 0.243 e. The van der Waals surface area contributed by atoms with Crippen LogP contribution in [0.15, 0.2) is 4.52 Å². The molecule has 0 bridgehead atoms. The Balaban J connectivity index is 2.05. The van der Waals surface area contributed by atoms with Gasteiger partial charge in [-0.1, -0.05) is 30.8 Å². The standard InChI is InChI=1S/C12H21N3O/c1-9(13-2)12-14-11(15-16-12)10-7-5-3-4-6-8-10/h9-10,13H,3-8H2,1-2H3. The Kier molecular flexibility index (Phi) is 3.93. The van der Waals surface area contributed by atoms with E-state index in [1.807, 2.05) is 14.0 Å². The quantitative estimate of drug-likeness (QED) is 0.800. The fourth-order valence-corrected chi connectivity index (χ4v) is 2.25. The molecule has 1 unspecified atom stereocenters. The zero-order valence-corrected chi connectivity index (χ0v) is 10.2. The van der Waals surface area contributed by atoms with Gasteiger partial charge in [0.15, 0.2) is 5.82 Å². The molecule has 1 aromatic heterocycles. The molecule has 90 valence electrons. The normalized spacial score (nSPS) is 20.6. The van der Waals surface area contributed by atoms with Gasteiger partial charge < -0.3 is 9.84 Å². The van der Waals surface area contributed by atoms with Crippen LogP contribution in [0.4, 0.5) is 0 Å². The van der Waals surface area contributed by atoms with Crippen molar-refractivity contribution in [3.05, 3.63) is 11.7 Å². The maximum atomic E-state index is 5.29. The van der Waals surface area contributed by atoms with Gasteiger partial charge in [-0.05, 0) is 26.8 Å². The molecular formula is C12H21N3O. The highest BCUT2D eigenvalue weighted by Crippen LogP contribution is 2.30. The SMILES string of the molecule is CNC(C)c1nc(C2CCCCCC2)no1. The minimum Gasteiger partial charge on any atom is -0.338 e. The fraction of sp³-hybridized carbons (Fsp3) is 0.833. The van der Waals surface area contributed by atoms with Crippen molar-refractivity contribution in [1.29, 1.82) is 0 Å². The van der Waals surface area contributed by atoms with E-state index < -0.39 is 0 Å². The molecule has 2 rings (SSSR count). The number of nitrogens with one attached hydrogen (secondary N) is 1. The number of hydrogen-bond donors (Lipinski definition) is 1. The highest BCUT2D eigenvalue weighted by molar-refractivity contribution is 4.98. The Hall–Kier alpha value is -0.900. The summed E-state index contributed by atoms with van der Waals surface area (Å²) in [7, 11) is 1.90. The lowest BCUT2D eigenvalue weighted by Gasteiger charge is -2.07. The minimum atomic E-state index is 0.145. The maximum absolute atomic E-state index is 5.29. The topological polar surface area (TPSA) is 51.0 Å². The van der Waals surface area contributed by atoms with E-state index in [4.69, 9.17) is 4.52 Å². The average molecular weight is 223 g/mol. The van der Waals surface area contributed by atoms with Crippen molar-refractivity contribution in [2.75, 3.05) is 7.05 Å². The molecule has 4 heteroatoms. The van der Waals surface area contributed by atoms with Crippen LogP contribution in [-0.4, -0.2) is 17.2 Å². The highest BCUT2D eigenvalue weighted by atomic mass is 16.5. The van der Waals surface area contributed by atoms with Gasteiger partial charge >= 0.3 is 0 Å². The van der Waals surface area contributed by atoms with E-state index in [1.165, 1.54) is 38.5 Å². The van der Waals surface area contributed by atoms with E-state index in [0.717, 1.165) is 5.82 Å². The summed E-state index contributed by atoms with van der Waals surface area (Å²) in [6.07, 6.45) is 7.74. The molecule has 1 aromatic rings. The second-order valence-corrected chi connectivity index (χ2v) is 4.69. The number of hydrogen-bond acceptors (Lipinski definition) is 4. The summed E-state index contributed by atoms with van der Waals surface area (Å²) in [5, 5.41) is 7.24. The summed E-state index contributed by atoms with van der Waals surface area (Å²) in [6, 6.07) is 0.145. The Labute approximate surface area is 96.8 Å². The van der Waals surface area contributed by atoms with Crippen LogP contribution in [-0.2, 0) is 0 Å². The van der Waals surface area contributed by atoms with Crippen LogP contribution in [0.25, 0.3) is 0 Å². The van der Waals surface area contributed by atoms with Crippen LogP contribution >= 0.6 is 0 Å². The van der Waals surface area contributed by atoms with E-state index in [9.17, 15) is 0 Å². The minimum absolute atomic E-state index is 0.145. The van der Waals surface area contributed by atoms with E-state index in [1.54, 1.807) is 0 Å². The van der Waals surface area contributed by atoms with Crippen molar-refractivity contribution in [2.45, 2.75) is 57.4 Å². The largest absolute Gasteiger partial charge is 0.338 e. The summed E-state index contributed by atoms with van der Waals surface area (Å²) in [5.74, 6) is 2.14. The molecule has 0 aromatic carbocycles. The molecule has 0 amide bonds. The predicted octanol–water partition coefficient (Wildman–Crippen LogP) is 2.79. The monoisotopic (exact) mass is 223 g/mol. The van der Waals surface area contributed by atoms with E-state index in [2.05, 4.69) is 15.5 Å². The molecule has 0 spiro atoms. The number of nitrogens with zero attached hydrogens (tertiary/aromatic N) is 2. The van der Waals surface area contributed by atoms with E-state index in [-0.39, 0.29) is 6.04 Å². The van der Waals surface area contributed by atoms with Gasteiger partial charge in [0.1, 0.15) is 0 Å². The fourth-order valence-electron chi connectivity index (χ4n) is 2.25. The van der Waals surface area contributed by atoms with Crippen LogP contribution in [0.1, 0.15) is 69.1 Å². The molecule has 0 saturated heterocycles. The third-order valence-corrected chi connectivity index (χ3v) is 3.48. The van der Waals surface area contributed by atoms with Crippen molar-refractivity contribution < 1.29 is 4.52 Å². The van der Waals surface area contributed by atoms with Gasteiger partial charge in [0.05, 0.1) is 6.04 Å². The first-order chi connectivity index (χ1) is 7.81. The van der Waals surface area contributed by atoms with Crippen LogP contribution in [0.5, 0.6) is 0 Å². The van der Waals surface area contributed by atoms with Gasteiger partial charge in [-0.25, -0.2) is 0 Å². The van der Waals surface area contributed by atoms with Crippen LogP contribution in [0.3, 0.4) is 0 Å². The average Bonchev–Trinajstić information content (AvgIpc) is 2.64. The Morgan fingerprint density at radius 1 is 1.25 bits per heavy atom.